The number of rotatable bonds is 7. The number of hydrogen-bond donors (Lipinski definition) is 2. The van der Waals surface area contributed by atoms with Gasteiger partial charge in [-0.2, -0.15) is 13.2 Å². The summed E-state index contributed by atoms with van der Waals surface area (Å²) < 4.78 is 44.9. The van der Waals surface area contributed by atoms with Crippen LogP contribution in [-0.4, -0.2) is 64.3 Å². The van der Waals surface area contributed by atoms with E-state index >= 15 is 0 Å². The minimum Gasteiger partial charge on any atom is -0.489 e. The number of carbonyl (C=O) groups is 2. The lowest BCUT2D eigenvalue weighted by Crippen LogP contribution is -2.44. The number of alkyl halides is 3. The van der Waals surface area contributed by atoms with Crippen LogP contribution in [0.1, 0.15) is 81.1 Å². The van der Waals surface area contributed by atoms with Crippen molar-refractivity contribution >= 4 is 11.8 Å². The van der Waals surface area contributed by atoms with Crippen molar-refractivity contribution in [1.29, 1.82) is 0 Å². The fourth-order valence-electron chi connectivity index (χ4n) is 5.78. The minimum atomic E-state index is -4.19. The van der Waals surface area contributed by atoms with Gasteiger partial charge in [-0.3, -0.25) is 9.59 Å². The Balaban J connectivity index is 1.32. The number of carbonyl (C=O) groups excluding carboxylic acids is 2. The molecule has 0 bridgehead atoms. The molecule has 1 aliphatic heterocycles. The maximum absolute atomic E-state index is 13.1. The van der Waals surface area contributed by atoms with Gasteiger partial charge in [0.2, 0.25) is 5.91 Å². The molecule has 0 aromatic carbocycles. The van der Waals surface area contributed by atoms with Gasteiger partial charge in [-0.05, 0) is 63.5 Å². The second-order valence-corrected chi connectivity index (χ2v) is 10.5. The Morgan fingerprint density at radius 2 is 1.83 bits per heavy atom. The molecule has 2 saturated carbocycles. The van der Waals surface area contributed by atoms with Crippen LogP contribution in [0.5, 0.6) is 5.75 Å². The molecule has 1 saturated heterocycles. The number of ether oxygens (including phenoxy) is 1. The summed E-state index contributed by atoms with van der Waals surface area (Å²) in [5.74, 6) is -1.91. The Hall–Kier alpha value is -2.36. The van der Waals surface area contributed by atoms with Gasteiger partial charge in [0, 0.05) is 25.2 Å². The smallest absolute Gasteiger partial charge is 0.391 e. The first-order valence-electron chi connectivity index (χ1n) is 13.1. The van der Waals surface area contributed by atoms with Gasteiger partial charge in [0.15, 0.2) is 11.4 Å². The highest BCUT2D eigenvalue weighted by atomic mass is 19.4. The SMILES string of the molecule is O=C(NCC1(O)CCCCC1)c1ncccc1OC[C@H]1CCCN1C(=O)[C@H]1CC[C@H](C(F)(F)F)CC1. The Bertz CT molecular complexity index is 912. The zero-order valence-corrected chi connectivity index (χ0v) is 20.6. The van der Waals surface area contributed by atoms with Crippen molar-refractivity contribution in [2.75, 3.05) is 19.7 Å². The summed E-state index contributed by atoms with van der Waals surface area (Å²) in [7, 11) is 0. The van der Waals surface area contributed by atoms with E-state index in [1.165, 1.54) is 6.20 Å². The topological polar surface area (TPSA) is 91.8 Å². The highest BCUT2D eigenvalue weighted by Gasteiger charge is 2.44. The maximum atomic E-state index is 13.1. The molecule has 200 valence electrons. The van der Waals surface area contributed by atoms with Crippen LogP contribution in [0.4, 0.5) is 13.2 Å². The zero-order valence-electron chi connectivity index (χ0n) is 20.6. The summed E-state index contributed by atoms with van der Waals surface area (Å²) >= 11 is 0. The van der Waals surface area contributed by atoms with Crippen LogP contribution >= 0.6 is 0 Å². The Morgan fingerprint density at radius 1 is 1.11 bits per heavy atom. The molecule has 3 fully saturated rings. The third-order valence-corrected chi connectivity index (χ3v) is 7.98. The molecule has 1 aromatic heterocycles. The van der Waals surface area contributed by atoms with Gasteiger partial charge in [-0.25, -0.2) is 4.98 Å². The van der Waals surface area contributed by atoms with Crippen molar-refractivity contribution in [1.82, 2.24) is 15.2 Å². The molecular formula is C26H36F3N3O4. The molecule has 3 aliphatic rings. The maximum Gasteiger partial charge on any atom is 0.391 e. The number of nitrogens with one attached hydrogen (secondary N) is 1. The van der Waals surface area contributed by atoms with E-state index in [4.69, 9.17) is 4.74 Å². The molecule has 4 rings (SSSR count). The minimum absolute atomic E-state index is 0.00179. The average molecular weight is 512 g/mol. The fourth-order valence-corrected chi connectivity index (χ4v) is 5.78. The first-order valence-corrected chi connectivity index (χ1v) is 13.1. The number of aromatic nitrogens is 1. The highest BCUT2D eigenvalue weighted by molar-refractivity contribution is 5.94. The van der Waals surface area contributed by atoms with Crippen molar-refractivity contribution in [2.24, 2.45) is 11.8 Å². The molecule has 2 aliphatic carbocycles. The van der Waals surface area contributed by atoms with Crippen molar-refractivity contribution in [2.45, 2.75) is 88.4 Å². The van der Waals surface area contributed by atoms with E-state index in [1.807, 2.05) is 0 Å². The standard InChI is InChI=1S/C26H36F3N3O4/c27-26(28,29)19-10-8-18(9-11-19)24(34)32-15-5-6-20(32)16-36-21-7-4-14-30-22(21)23(33)31-17-25(35)12-2-1-3-13-25/h4,7,14,18-20,35H,1-3,5-6,8-13,15-17H2,(H,31,33)/t18-,19-,20-/m1/s1. The van der Waals surface area contributed by atoms with E-state index in [2.05, 4.69) is 10.3 Å². The van der Waals surface area contributed by atoms with E-state index in [9.17, 15) is 27.9 Å². The third-order valence-electron chi connectivity index (χ3n) is 7.98. The quantitative estimate of drug-likeness (QED) is 0.571. The van der Waals surface area contributed by atoms with Gasteiger partial charge in [0.1, 0.15) is 6.61 Å². The van der Waals surface area contributed by atoms with Crippen molar-refractivity contribution < 1.29 is 32.6 Å². The zero-order chi connectivity index (χ0) is 25.8. The highest BCUT2D eigenvalue weighted by Crippen LogP contribution is 2.40. The Labute approximate surface area is 209 Å². The van der Waals surface area contributed by atoms with Crippen LogP contribution in [0.3, 0.4) is 0 Å². The summed E-state index contributed by atoms with van der Waals surface area (Å²) in [6.45, 7) is 0.897. The number of likely N-dealkylation sites (tertiary alicyclic amines) is 1. The van der Waals surface area contributed by atoms with E-state index < -0.39 is 23.6 Å². The molecule has 0 unspecified atom stereocenters. The Kier molecular flexibility index (Phi) is 8.42. The van der Waals surface area contributed by atoms with E-state index in [-0.39, 0.29) is 62.4 Å². The van der Waals surface area contributed by atoms with Crippen molar-refractivity contribution in [3.63, 3.8) is 0 Å². The lowest BCUT2D eigenvalue weighted by molar-refractivity contribution is -0.185. The summed E-state index contributed by atoms with van der Waals surface area (Å²) in [5, 5.41) is 13.5. The molecule has 10 heteroatoms. The van der Waals surface area contributed by atoms with Crippen LogP contribution in [0.25, 0.3) is 0 Å². The number of nitrogens with zero attached hydrogens (tertiary/aromatic N) is 2. The summed E-state index contributed by atoms with van der Waals surface area (Å²) in [6, 6.07) is 3.12. The van der Waals surface area contributed by atoms with Crippen molar-refractivity contribution in [3.05, 3.63) is 24.0 Å². The van der Waals surface area contributed by atoms with E-state index in [1.54, 1.807) is 17.0 Å². The first kappa shape index (κ1) is 26.7. The van der Waals surface area contributed by atoms with Gasteiger partial charge < -0.3 is 20.1 Å². The summed E-state index contributed by atoms with van der Waals surface area (Å²) in [4.78, 5) is 31.8. The number of amides is 2. The molecular weight excluding hydrogens is 475 g/mol. The molecule has 2 amide bonds. The number of halogens is 3. The fraction of sp³-hybridized carbons (Fsp3) is 0.731. The van der Waals surface area contributed by atoms with Crippen LogP contribution in [0, 0.1) is 11.8 Å². The molecule has 1 atom stereocenters. The lowest BCUT2D eigenvalue weighted by atomic mass is 9.81. The number of aliphatic hydroxyl groups is 1. The van der Waals surface area contributed by atoms with Crippen LogP contribution in [0.2, 0.25) is 0 Å². The molecule has 2 heterocycles. The lowest BCUT2D eigenvalue weighted by Gasteiger charge is -2.33. The molecule has 36 heavy (non-hydrogen) atoms. The average Bonchev–Trinajstić information content (AvgIpc) is 3.34. The van der Waals surface area contributed by atoms with Gasteiger partial charge in [0.05, 0.1) is 17.6 Å². The van der Waals surface area contributed by atoms with Gasteiger partial charge in [0.25, 0.3) is 5.91 Å². The first-order chi connectivity index (χ1) is 17.2. The second kappa shape index (κ2) is 11.4. The van der Waals surface area contributed by atoms with Crippen LogP contribution < -0.4 is 10.1 Å². The van der Waals surface area contributed by atoms with Crippen LogP contribution in [0.15, 0.2) is 18.3 Å². The monoisotopic (exact) mass is 511 g/mol. The predicted octanol–water partition coefficient (Wildman–Crippen LogP) is 4.25. The third kappa shape index (κ3) is 6.49. The van der Waals surface area contributed by atoms with Crippen molar-refractivity contribution in [3.8, 4) is 5.75 Å². The molecule has 0 radical (unpaired) electrons. The van der Waals surface area contributed by atoms with Crippen LogP contribution in [-0.2, 0) is 4.79 Å². The Morgan fingerprint density at radius 3 is 2.53 bits per heavy atom. The second-order valence-electron chi connectivity index (χ2n) is 10.5. The van der Waals surface area contributed by atoms with E-state index in [0.29, 0.717) is 25.1 Å². The normalized spacial score (nSPS) is 26.4. The molecule has 2 N–H and O–H groups in total. The molecule has 1 aromatic rings. The van der Waals surface area contributed by atoms with E-state index in [0.717, 1.165) is 32.1 Å². The van der Waals surface area contributed by atoms with Gasteiger partial charge in [-0.15, -0.1) is 0 Å². The number of hydrogen-bond acceptors (Lipinski definition) is 5. The summed E-state index contributed by atoms with van der Waals surface area (Å²) in [6.07, 6.45) is 3.62. The summed E-state index contributed by atoms with van der Waals surface area (Å²) in [5.41, 5.74) is -0.772. The number of pyridine rings is 1. The predicted molar refractivity (Wildman–Crippen MR) is 126 cm³/mol. The largest absolute Gasteiger partial charge is 0.489 e. The molecule has 7 nitrogen and oxygen atoms in total. The molecule has 0 spiro atoms. The van der Waals surface area contributed by atoms with Gasteiger partial charge >= 0.3 is 6.18 Å². The van der Waals surface area contributed by atoms with Gasteiger partial charge in [-0.1, -0.05) is 19.3 Å².